The number of rotatable bonds is 16. The molecule has 4 unspecified atom stereocenters. The highest BCUT2D eigenvalue weighted by Gasteiger charge is 2.48. The minimum Gasteiger partial charge on any atom is -0.508 e. The van der Waals surface area contributed by atoms with Gasteiger partial charge in [0.2, 0.25) is 0 Å². The summed E-state index contributed by atoms with van der Waals surface area (Å²) in [6, 6.07) is 6.11. The lowest BCUT2D eigenvalue weighted by molar-refractivity contribution is -0.155. The number of aromatic hydroxyl groups is 1. The summed E-state index contributed by atoms with van der Waals surface area (Å²) in [4.78, 5) is 45.7. The number of hydrogen-bond acceptors (Lipinski definition) is 12. The highest BCUT2D eigenvalue weighted by atomic mass is 16.6. The molecule has 2 aliphatic rings. The highest BCUT2D eigenvalue weighted by molar-refractivity contribution is 5.78. The summed E-state index contributed by atoms with van der Waals surface area (Å²) in [5, 5.41) is 17.5. The van der Waals surface area contributed by atoms with Gasteiger partial charge in [0.1, 0.15) is 24.2 Å². The van der Waals surface area contributed by atoms with Gasteiger partial charge in [-0.1, -0.05) is 41.5 Å². The van der Waals surface area contributed by atoms with Gasteiger partial charge in [0.15, 0.2) is 0 Å². The number of ether oxygens (including phenoxy) is 6. The van der Waals surface area contributed by atoms with Gasteiger partial charge in [-0.05, 0) is 96.9 Å². The van der Waals surface area contributed by atoms with Crippen LogP contribution in [0.15, 0.2) is 24.3 Å². The Bertz CT molecular complexity index is 1180. The normalized spacial score (nSPS) is 19.5. The van der Waals surface area contributed by atoms with Crippen LogP contribution in [0.4, 0.5) is 0 Å². The largest absolute Gasteiger partial charge is 0.508 e. The van der Waals surface area contributed by atoms with Crippen LogP contribution in [0.25, 0.3) is 0 Å². The van der Waals surface area contributed by atoms with Crippen molar-refractivity contribution in [2.45, 2.75) is 120 Å². The number of methoxy groups -OCH3 is 1. The van der Waals surface area contributed by atoms with E-state index in [2.05, 4.69) is 6.92 Å². The summed E-state index contributed by atoms with van der Waals surface area (Å²) in [6.07, 6.45) is 5.75. The third kappa shape index (κ3) is 17.5. The molecule has 12 heteroatoms. The molecule has 0 radical (unpaired) electrons. The zero-order chi connectivity index (χ0) is 40.0. The van der Waals surface area contributed by atoms with E-state index >= 15 is 0 Å². The van der Waals surface area contributed by atoms with Gasteiger partial charge in [0, 0.05) is 12.5 Å². The summed E-state index contributed by atoms with van der Waals surface area (Å²) in [6.45, 7) is 22.3. The minimum atomic E-state index is -0.474. The standard InChI is InChI=1S/C12H16O3.C10H18O3.C9H16O3.C9H18O3/c1-4-12(2,3)11(14)15-10-7-5-9(13)6-8-10;1-4-8-6-13-7-10(8,5-2)9(11)12-3;1-4-9(2,3)8(10)12-6-7-5-11-7;1-3-8(2)9(11)12-7-5-4-6-10/h5-8,13H,4H2,1-3H3;8H,4-7H2,1-3H3;7H,4-6H2,1-3H3;8,10H,3-7H2,1-2H3. The fourth-order valence-corrected chi connectivity index (χ4v) is 4.41. The molecule has 2 fully saturated rings. The second-order valence-electron chi connectivity index (χ2n) is 14.4. The lowest BCUT2D eigenvalue weighted by atomic mass is 9.74. The predicted octanol–water partition coefficient (Wildman–Crippen LogP) is 7.06. The number of phenolic OH excluding ortho intramolecular Hbond substituents is 1. The van der Waals surface area contributed by atoms with Crippen molar-refractivity contribution < 1.29 is 57.8 Å². The molecule has 2 aliphatic heterocycles. The van der Waals surface area contributed by atoms with Crippen LogP contribution >= 0.6 is 0 Å². The smallest absolute Gasteiger partial charge is 0.316 e. The van der Waals surface area contributed by atoms with E-state index in [0.29, 0.717) is 44.5 Å². The zero-order valence-electron chi connectivity index (χ0n) is 33.7. The topological polar surface area (TPSA) is 167 Å². The molecule has 0 amide bonds. The van der Waals surface area contributed by atoms with E-state index in [4.69, 9.17) is 38.6 Å². The lowest BCUT2D eigenvalue weighted by Gasteiger charge is -2.28. The van der Waals surface area contributed by atoms with E-state index in [1.165, 1.54) is 19.2 Å². The monoisotopic (exact) mass is 740 g/mol. The van der Waals surface area contributed by atoms with Crippen molar-refractivity contribution >= 4 is 23.9 Å². The van der Waals surface area contributed by atoms with Gasteiger partial charge in [-0.25, -0.2) is 0 Å². The molecule has 0 bridgehead atoms. The molecule has 0 saturated carbocycles. The number of hydrogen-bond donors (Lipinski definition) is 2. The molecule has 0 aliphatic carbocycles. The summed E-state index contributed by atoms with van der Waals surface area (Å²) in [5.74, 6) is 0.318. The first kappa shape index (κ1) is 48.8. The van der Waals surface area contributed by atoms with Crippen LogP contribution in [-0.2, 0) is 42.9 Å². The maximum Gasteiger partial charge on any atom is 0.316 e. The first-order valence-corrected chi connectivity index (χ1v) is 18.7. The lowest BCUT2D eigenvalue weighted by Crippen LogP contribution is -2.38. The van der Waals surface area contributed by atoms with Crippen LogP contribution in [0.1, 0.15) is 114 Å². The molecular formula is C40H68O12. The second kappa shape index (κ2) is 24.9. The van der Waals surface area contributed by atoms with Crippen molar-refractivity contribution in [2.24, 2.45) is 28.1 Å². The maximum absolute atomic E-state index is 11.7. The van der Waals surface area contributed by atoms with E-state index in [9.17, 15) is 19.2 Å². The first-order valence-electron chi connectivity index (χ1n) is 18.7. The predicted molar refractivity (Wildman–Crippen MR) is 199 cm³/mol. The Morgan fingerprint density at radius 3 is 1.94 bits per heavy atom. The third-order valence-corrected chi connectivity index (χ3v) is 9.71. The number of phenols is 1. The van der Waals surface area contributed by atoms with Crippen molar-refractivity contribution in [3.05, 3.63) is 24.3 Å². The Balaban J connectivity index is 0.000000670. The average Bonchev–Trinajstić information content (AvgIpc) is 3.88. The van der Waals surface area contributed by atoms with Crippen molar-refractivity contribution in [3.8, 4) is 11.5 Å². The Kier molecular flexibility index (Phi) is 23.4. The fourth-order valence-electron chi connectivity index (χ4n) is 4.41. The molecule has 0 aromatic heterocycles. The third-order valence-electron chi connectivity index (χ3n) is 9.71. The maximum atomic E-state index is 11.7. The number of carbonyl (C=O) groups is 4. The van der Waals surface area contributed by atoms with Gasteiger partial charge in [0.05, 0.1) is 55.7 Å². The molecule has 2 heterocycles. The molecule has 12 nitrogen and oxygen atoms in total. The van der Waals surface area contributed by atoms with Crippen molar-refractivity contribution in [1.82, 2.24) is 0 Å². The van der Waals surface area contributed by atoms with Crippen LogP contribution in [0.3, 0.4) is 0 Å². The molecular weight excluding hydrogens is 672 g/mol. The van der Waals surface area contributed by atoms with Crippen molar-refractivity contribution in [2.75, 3.05) is 46.8 Å². The summed E-state index contributed by atoms with van der Waals surface area (Å²) >= 11 is 0. The molecule has 300 valence electrons. The SMILES string of the molecule is CCC(C)(C)C(=O)OCC1CO1.CCC(C)(C)C(=O)Oc1ccc(O)cc1.CCC(C)C(=O)OCCCCO.CCC1COCC1(CC)C(=O)OC. The van der Waals surface area contributed by atoms with Crippen LogP contribution in [0.2, 0.25) is 0 Å². The summed E-state index contributed by atoms with van der Waals surface area (Å²) < 4.78 is 30.3. The molecule has 1 aromatic carbocycles. The number of aliphatic hydroxyl groups is 1. The van der Waals surface area contributed by atoms with Gasteiger partial charge < -0.3 is 38.6 Å². The molecule has 52 heavy (non-hydrogen) atoms. The first-order chi connectivity index (χ1) is 24.4. The number of unbranched alkanes of at least 4 members (excludes halogenated alkanes) is 1. The molecule has 2 N–H and O–H groups in total. The highest BCUT2D eigenvalue weighted by Crippen LogP contribution is 2.40. The second-order valence-corrected chi connectivity index (χ2v) is 14.4. The van der Waals surface area contributed by atoms with Gasteiger partial charge in [-0.2, -0.15) is 0 Å². The molecule has 4 atom stereocenters. The Labute approximate surface area is 312 Å². The fraction of sp³-hybridized carbons (Fsp3) is 0.750. The molecule has 2 saturated heterocycles. The van der Waals surface area contributed by atoms with Crippen LogP contribution in [-0.4, -0.2) is 86.9 Å². The Hall–Kier alpha value is -3.22. The van der Waals surface area contributed by atoms with E-state index in [0.717, 1.165) is 45.1 Å². The quantitative estimate of drug-likeness (QED) is 0.0583. The Morgan fingerprint density at radius 2 is 1.48 bits per heavy atom. The summed E-state index contributed by atoms with van der Waals surface area (Å²) in [7, 11) is 1.45. The van der Waals surface area contributed by atoms with Gasteiger partial charge in [-0.15, -0.1) is 0 Å². The van der Waals surface area contributed by atoms with Crippen LogP contribution in [0, 0.1) is 28.1 Å². The number of esters is 4. The van der Waals surface area contributed by atoms with E-state index in [1.54, 1.807) is 12.1 Å². The van der Waals surface area contributed by atoms with Gasteiger partial charge in [-0.3, -0.25) is 19.2 Å². The minimum absolute atomic E-state index is 0.000809. The van der Waals surface area contributed by atoms with E-state index < -0.39 is 5.41 Å². The molecule has 3 rings (SSSR count). The van der Waals surface area contributed by atoms with Crippen molar-refractivity contribution in [3.63, 3.8) is 0 Å². The summed E-state index contributed by atoms with van der Waals surface area (Å²) in [5.41, 5.74) is -1.20. The number of epoxide rings is 1. The van der Waals surface area contributed by atoms with Gasteiger partial charge in [0.25, 0.3) is 0 Å². The zero-order valence-corrected chi connectivity index (χ0v) is 33.7. The Morgan fingerprint density at radius 1 is 0.904 bits per heavy atom. The van der Waals surface area contributed by atoms with Gasteiger partial charge >= 0.3 is 23.9 Å². The van der Waals surface area contributed by atoms with E-state index in [1.807, 2.05) is 62.3 Å². The van der Waals surface area contributed by atoms with Crippen molar-refractivity contribution in [1.29, 1.82) is 0 Å². The van der Waals surface area contributed by atoms with Crippen LogP contribution in [0.5, 0.6) is 11.5 Å². The number of benzene rings is 1. The molecule has 0 spiro atoms. The van der Waals surface area contributed by atoms with E-state index in [-0.39, 0.29) is 59.1 Å². The number of aliphatic hydroxyl groups excluding tert-OH is 1. The molecule has 1 aromatic rings. The number of carbonyl (C=O) groups excluding carboxylic acids is 4. The average molecular weight is 741 g/mol. The van der Waals surface area contributed by atoms with Crippen LogP contribution < -0.4 is 4.74 Å².